The Morgan fingerprint density at radius 1 is 1.25 bits per heavy atom. The molecule has 3 heteroatoms. The second-order valence-corrected chi connectivity index (χ2v) is 5.55. The summed E-state index contributed by atoms with van der Waals surface area (Å²) in [5.41, 5.74) is 8.78. The van der Waals surface area contributed by atoms with Crippen molar-refractivity contribution >= 4 is 22.9 Å². The second-order valence-electron chi connectivity index (χ2n) is 4.23. The lowest BCUT2D eigenvalue weighted by molar-refractivity contribution is 0.546. The van der Waals surface area contributed by atoms with E-state index in [0.717, 1.165) is 22.7 Å². The third-order valence-electron chi connectivity index (χ3n) is 3.31. The van der Waals surface area contributed by atoms with Crippen LogP contribution in [0.15, 0.2) is 35.7 Å². The van der Waals surface area contributed by atoms with Gasteiger partial charge >= 0.3 is 0 Å². The van der Waals surface area contributed by atoms with Crippen molar-refractivity contribution in [2.75, 3.05) is 0 Å². The van der Waals surface area contributed by atoms with Crippen molar-refractivity contribution < 1.29 is 0 Å². The topological polar surface area (TPSA) is 26.0 Å². The molecule has 1 unspecified atom stereocenters. The van der Waals surface area contributed by atoms with Crippen molar-refractivity contribution in [1.29, 1.82) is 0 Å². The fraction of sp³-hybridized carbons (Fsp3) is 0.231. The first kappa shape index (κ1) is 10.3. The second kappa shape index (κ2) is 3.59. The van der Waals surface area contributed by atoms with Gasteiger partial charge in [-0.1, -0.05) is 35.9 Å². The van der Waals surface area contributed by atoms with Crippen LogP contribution < -0.4 is 5.73 Å². The molecule has 1 heterocycles. The van der Waals surface area contributed by atoms with Gasteiger partial charge in [-0.3, -0.25) is 0 Å². The van der Waals surface area contributed by atoms with Crippen molar-refractivity contribution in [2.24, 2.45) is 5.73 Å². The van der Waals surface area contributed by atoms with Crippen molar-refractivity contribution in [2.45, 2.75) is 18.4 Å². The summed E-state index contributed by atoms with van der Waals surface area (Å²) >= 11 is 7.86. The van der Waals surface area contributed by atoms with Gasteiger partial charge in [0.25, 0.3) is 0 Å². The maximum Gasteiger partial charge on any atom is 0.0780 e. The number of rotatable bonds is 1. The summed E-state index contributed by atoms with van der Waals surface area (Å²) in [6.07, 6.45) is 1.99. The number of benzene rings is 1. The van der Waals surface area contributed by atoms with E-state index in [2.05, 4.69) is 18.2 Å². The van der Waals surface area contributed by atoms with Crippen LogP contribution in [0, 0.1) is 0 Å². The lowest BCUT2D eigenvalue weighted by Crippen LogP contribution is -2.34. The largest absolute Gasteiger partial charge is 0.317 e. The Kier molecular flexibility index (Phi) is 2.32. The zero-order valence-corrected chi connectivity index (χ0v) is 10.3. The molecule has 1 aromatic carbocycles. The zero-order chi connectivity index (χ0) is 11.2. The molecule has 3 rings (SSSR count). The van der Waals surface area contributed by atoms with Crippen LogP contribution in [0.5, 0.6) is 0 Å². The fourth-order valence-electron chi connectivity index (χ4n) is 2.49. The van der Waals surface area contributed by atoms with Gasteiger partial charge < -0.3 is 5.73 Å². The average molecular weight is 250 g/mol. The van der Waals surface area contributed by atoms with Crippen molar-refractivity contribution in [3.05, 3.63) is 56.7 Å². The third-order valence-corrected chi connectivity index (χ3v) is 4.83. The Hall–Kier alpha value is -0.830. The highest BCUT2D eigenvalue weighted by atomic mass is 35.5. The molecule has 1 atom stereocenters. The molecule has 0 bridgehead atoms. The maximum absolute atomic E-state index is 6.56. The summed E-state index contributed by atoms with van der Waals surface area (Å²) in [6, 6.07) is 10.3. The van der Waals surface area contributed by atoms with Crippen LogP contribution in [0.4, 0.5) is 0 Å². The number of fused-ring (bicyclic) bond motifs is 1. The quantitative estimate of drug-likeness (QED) is 0.822. The molecule has 0 amide bonds. The van der Waals surface area contributed by atoms with E-state index in [1.165, 1.54) is 11.1 Å². The number of aryl methyl sites for hydroxylation is 1. The average Bonchev–Trinajstić information content (AvgIpc) is 2.86. The van der Waals surface area contributed by atoms with E-state index in [9.17, 15) is 0 Å². The number of hydrogen-bond acceptors (Lipinski definition) is 2. The highest BCUT2D eigenvalue weighted by Gasteiger charge is 2.38. The van der Waals surface area contributed by atoms with Crippen LogP contribution in [-0.4, -0.2) is 0 Å². The molecule has 1 aliphatic carbocycles. The summed E-state index contributed by atoms with van der Waals surface area (Å²) in [6.45, 7) is 0. The number of nitrogens with two attached hydrogens (primary N) is 1. The molecule has 0 saturated carbocycles. The van der Waals surface area contributed by atoms with Crippen LogP contribution >= 0.6 is 22.9 Å². The predicted octanol–water partition coefficient (Wildman–Crippen LogP) is 3.55. The van der Waals surface area contributed by atoms with Gasteiger partial charge in [0.1, 0.15) is 0 Å². The summed E-state index contributed by atoms with van der Waals surface area (Å²) in [7, 11) is 0. The van der Waals surface area contributed by atoms with Gasteiger partial charge in [-0.15, -0.1) is 11.3 Å². The molecule has 0 saturated heterocycles. The number of thiophene rings is 1. The molecule has 0 radical (unpaired) electrons. The van der Waals surface area contributed by atoms with Crippen LogP contribution in [0.25, 0.3) is 0 Å². The van der Waals surface area contributed by atoms with Gasteiger partial charge in [0.05, 0.1) is 10.6 Å². The van der Waals surface area contributed by atoms with E-state index < -0.39 is 0 Å². The van der Waals surface area contributed by atoms with Crippen LogP contribution in [0.3, 0.4) is 0 Å². The van der Waals surface area contributed by atoms with Gasteiger partial charge in [0.15, 0.2) is 0 Å². The Morgan fingerprint density at radius 2 is 2.06 bits per heavy atom. The van der Waals surface area contributed by atoms with Crippen molar-refractivity contribution in [3.63, 3.8) is 0 Å². The monoisotopic (exact) mass is 249 g/mol. The summed E-state index contributed by atoms with van der Waals surface area (Å²) in [4.78, 5) is 1.10. The van der Waals surface area contributed by atoms with E-state index in [-0.39, 0.29) is 5.54 Å². The minimum Gasteiger partial charge on any atom is -0.317 e. The first-order valence-electron chi connectivity index (χ1n) is 5.32. The molecule has 1 nitrogen and oxygen atoms in total. The highest BCUT2D eigenvalue weighted by molar-refractivity contribution is 7.10. The maximum atomic E-state index is 6.56. The van der Waals surface area contributed by atoms with Gasteiger partial charge in [-0.2, -0.15) is 0 Å². The minimum atomic E-state index is -0.373. The van der Waals surface area contributed by atoms with E-state index >= 15 is 0 Å². The summed E-state index contributed by atoms with van der Waals surface area (Å²) in [5.74, 6) is 0. The van der Waals surface area contributed by atoms with Gasteiger partial charge in [0.2, 0.25) is 0 Å². The molecule has 0 fully saturated rings. The Balaban J connectivity index is 2.19. The smallest absolute Gasteiger partial charge is 0.0780 e. The van der Waals surface area contributed by atoms with Gasteiger partial charge in [-0.25, -0.2) is 0 Å². The predicted molar refractivity (Wildman–Crippen MR) is 69.1 cm³/mol. The van der Waals surface area contributed by atoms with E-state index in [0.29, 0.717) is 0 Å². The van der Waals surface area contributed by atoms with Gasteiger partial charge in [0, 0.05) is 4.88 Å². The lowest BCUT2D eigenvalue weighted by atomic mass is 9.91. The standard InChI is InChI=1S/C13H12ClNS/c14-11-6-8-16-12(11)13(15)7-5-9-3-1-2-4-10(9)13/h1-4,6,8H,5,7,15H2. The molecule has 16 heavy (non-hydrogen) atoms. The van der Waals surface area contributed by atoms with E-state index in [1.807, 2.05) is 17.5 Å². The zero-order valence-electron chi connectivity index (χ0n) is 8.74. The van der Waals surface area contributed by atoms with Crippen LogP contribution in [0.2, 0.25) is 5.02 Å². The molecule has 0 aliphatic heterocycles. The van der Waals surface area contributed by atoms with E-state index in [1.54, 1.807) is 11.3 Å². The molecule has 1 aromatic heterocycles. The van der Waals surface area contributed by atoms with E-state index in [4.69, 9.17) is 17.3 Å². The molecule has 82 valence electrons. The first-order chi connectivity index (χ1) is 7.72. The Bertz CT molecular complexity index is 534. The normalized spacial score (nSPS) is 23.4. The first-order valence-corrected chi connectivity index (χ1v) is 6.58. The van der Waals surface area contributed by atoms with Crippen LogP contribution in [0.1, 0.15) is 22.4 Å². The number of halogens is 1. The Morgan fingerprint density at radius 3 is 2.81 bits per heavy atom. The highest BCUT2D eigenvalue weighted by Crippen LogP contribution is 2.44. The molecular formula is C13H12ClNS. The minimum absolute atomic E-state index is 0.373. The molecular weight excluding hydrogens is 238 g/mol. The summed E-state index contributed by atoms with van der Waals surface area (Å²) < 4.78 is 0. The van der Waals surface area contributed by atoms with Crippen molar-refractivity contribution in [1.82, 2.24) is 0 Å². The van der Waals surface area contributed by atoms with Gasteiger partial charge in [-0.05, 0) is 35.4 Å². The third kappa shape index (κ3) is 1.34. The molecule has 2 aromatic rings. The lowest BCUT2D eigenvalue weighted by Gasteiger charge is -2.24. The van der Waals surface area contributed by atoms with Crippen molar-refractivity contribution in [3.8, 4) is 0 Å². The molecule has 1 aliphatic rings. The molecule has 2 N–H and O–H groups in total. The fourth-order valence-corrected chi connectivity index (χ4v) is 3.87. The molecule has 0 spiro atoms. The number of hydrogen-bond donors (Lipinski definition) is 1. The Labute approximate surface area is 104 Å². The SMILES string of the molecule is NC1(c2sccc2Cl)CCc2ccccc21. The van der Waals surface area contributed by atoms with Crippen LogP contribution in [-0.2, 0) is 12.0 Å². The summed E-state index contributed by atoms with van der Waals surface area (Å²) in [5, 5.41) is 2.80.